The van der Waals surface area contributed by atoms with E-state index in [2.05, 4.69) is 10.4 Å². The summed E-state index contributed by atoms with van der Waals surface area (Å²) in [5.74, 6) is -0.0751. The van der Waals surface area contributed by atoms with E-state index in [1.165, 1.54) is 0 Å². The van der Waals surface area contributed by atoms with Crippen LogP contribution in [0.4, 0.5) is 0 Å². The van der Waals surface area contributed by atoms with E-state index >= 15 is 0 Å². The van der Waals surface area contributed by atoms with Gasteiger partial charge in [0.25, 0.3) is 0 Å². The standard InChI is InChI=1S/C16H26N4O3/c1-12-14(10-18-19(12)3)9-17-15(22)8-16(11-23-4)6-5-7-20(16)13(2)21/h10H,5-9,11H2,1-4H3,(H,17,22). The van der Waals surface area contributed by atoms with E-state index in [9.17, 15) is 9.59 Å². The van der Waals surface area contributed by atoms with E-state index in [1.54, 1.807) is 29.8 Å². The maximum atomic E-state index is 12.4. The number of rotatable bonds is 6. The summed E-state index contributed by atoms with van der Waals surface area (Å²) >= 11 is 0. The van der Waals surface area contributed by atoms with Gasteiger partial charge in [0.05, 0.1) is 24.8 Å². The number of aryl methyl sites for hydroxylation is 1. The zero-order valence-corrected chi connectivity index (χ0v) is 14.4. The minimum Gasteiger partial charge on any atom is -0.382 e. The Morgan fingerprint density at radius 1 is 1.48 bits per heavy atom. The lowest BCUT2D eigenvalue weighted by atomic mass is 9.92. The van der Waals surface area contributed by atoms with E-state index < -0.39 is 5.54 Å². The second-order valence-corrected chi connectivity index (χ2v) is 6.26. The number of aromatic nitrogens is 2. The molecule has 1 saturated heterocycles. The van der Waals surface area contributed by atoms with Gasteiger partial charge in [0, 0.05) is 45.4 Å². The third-order valence-electron chi connectivity index (χ3n) is 4.69. The zero-order chi connectivity index (χ0) is 17.0. The molecule has 1 fully saturated rings. The van der Waals surface area contributed by atoms with E-state index in [-0.39, 0.29) is 18.2 Å². The molecule has 1 aliphatic rings. The van der Waals surface area contributed by atoms with Crippen LogP contribution in [0.5, 0.6) is 0 Å². The monoisotopic (exact) mass is 322 g/mol. The lowest BCUT2D eigenvalue weighted by molar-refractivity contribution is -0.137. The Labute approximate surface area is 137 Å². The van der Waals surface area contributed by atoms with Crippen LogP contribution in [-0.4, -0.2) is 52.3 Å². The molecular weight excluding hydrogens is 296 g/mol. The number of methoxy groups -OCH3 is 1. The number of carbonyl (C=O) groups excluding carboxylic acids is 2. The number of ether oxygens (including phenoxy) is 1. The molecule has 0 radical (unpaired) electrons. The van der Waals surface area contributed by atoms with Crippen molar-refractivity contribution >= 4 is 11.8 Å². The van der Waals surface area contributed by atoms with Gasteiger partial charge in [0.2, 0.25) is 11.8 Å². The maximum Gasteiger partial charge on any atom is 0.222 e. The fourth-order valence-corrected chi connectivity index (χ4v) is 3.36. The number of hydrogen-bond acceptors (Lipinski definition) is 4. The minimum atomic E-state index is -0.519. The van der Waals surface area contributed by atoms with Gasteiger partial charge in [-0.25, -0.2) is 0 Å². The van der Waals surface area contributed by atoms with Gasteiger partial charge in [-0.1, -0.05) is 0 Å². The van der Waals surface area contributed by atoms with Crippen LogP contribution in [0.3, 0.4) is 0 Å². The Morgan fingerprint density at radius 2 is 2.22 bits per heavy atom. The molecule has 1 atom stereocenters. The highest BCUT2D eigenvalue weighted by Gasteiger charge is 2.44. The molecule has 2 heterocycles. The fourth-order valence-electron chi connectivity index (χ4n) is 3.36. The van der Waals surface area contributed by atoms with Crippen molar-refractivity contribution in [1.82, 2.24) is 20.0 Å². The predicted molar refractivity (Wildman–Crippen MR) is 85.6 cm³/mol. The van der Waals surface area contributed by atoms with Crippen molar-refractivity contribution in [1.29, 1.82) is 0 Å². The van der Waals surface area contributed by atoms with Crippen LogP contribution in [0, 0.1) is 6.92 Å². The van der Waals surface area contributed by atoms with Gasteiger partial charge in [0.15, 0.2) is 0 Å². The molecule has 1 unspecified atom stereocenters. The Morgan fingerprint density at radius 3 is 2.78 bits per heavy atom. The third-order valence-corrected chi connectivity index (χ3v) is 4.69. The highest BCUT2D eigenvalue weighted by atomic mass is 16.5. The highest BCUT2D eigenvalue weighted by Crippen LogP contribution is 2.33. The predicted octanol–water partition coefficient (Wildman–Crippen LogP) is 0.762. The fraction of sp³-hybridized carbons (Fsp3) is 0.688. The van der Waals surface area contributed by atoms with Crippen molar-refractivity contribution < 1.29 is 14.3 Å². The number of likely N-dealkylation sites (tertiary alicyclic amines) is 1. The van der Waals surface area contributed by atoms with Gasteiger partial charge in [-0.15, -0.1) is 0 Å². The highest BCUT2D eigenvalue weighted by molar-refractivity contribution is 5.80. The second-order valence-electron chi connectivity index (χ2n) is 6.26. The van der Waals surface area contributed by atoms with Crippen LogP contribution in [0.2, 0.25) is 0 Å². The summed E-state index contributed by atoms with van der Waals surface area (Å²) in [7, 11) is 3.48. The summed E-state index contributed by atoms with van der Waals surface area (Å²) in [6.07, 6.45) is 3.72. The topological polar surface area (TPSA) is 76.5 Å². The first-order valence-electron chi connectivity index (χ1n) is 7.91. The van der Waals surface area contributed by atoms with Crippen LogP contribution in [0.1, 0.15) is 37.4 Å². The summed E-state index contributed by atoms with van der Waals surface area (Å²) in [4.78, 5) is 26.1. The smallest absolute Gasteiger partial charge is 0.222 e. The molecule has 1 aromatic rings. The zero-order valence-electron chi connectivity index (χ0n) is 14.4. The number of nitrogens with zero attached hydrogens (tertiary/aromatic N) is 3. The van der Waals surface area contributed by atoms with E-state index in [4.69, 9.17) is 4.74 Å². The van der Waals surface area contributed by atoms with Gasteiger partial charge >= 0.3 is 0 Å². The summed E-state index contributed by atoms with van der Waals surface area (Å²) in [5.41, 5.74) is 1.51. The van der Waals surface area contributed by atoms with Crippen LogP contribution in [0.25, 0.3) is 0 Å². The quantitative estimate of drug-likeness (QED) is 0.839. The average Bonchev–Trinajstić information content (AvgIpc) is 3.03. The first-order chi connectivity index (χ1) is 10.9. The van der Waals surface area contributed by atoms with Crippen molar-refractivity contribution in [2.75, 3.05) is 20.3 Å². The molecule has 0 aliphatic carbocycles. The molecule has 7 heteroatoms. The third kappa shape index (κ3) is 3.72. The largest absolute Gasteiger partial charge is 0.382 e. The first-order valence-corrected chi connectivity index (χ1v) is 7.91. The first kappa shape index (κ1) is 17.5. The molecular formula is C16H26N4O3. The molecule has 0 aromatic carbocycles. The molecule has 128 valence electrons. The second kappa shape index (κ2) is 7.12. The molecule has 1 aromatic heterocycles. The lowest BCUT2D eigenvalue weighted by Gasteiger charge is -2.37. The molecule has 2 rings (SSSR count). The van der Waals surface area contributed by atoms with Crippen molar-refractivity contribution in [3.05, 3.63) is 17.5 Å². The van der Waals surface area contributed by atoms with Gasteiger partial charge in [0.1, 0.15) is 0 Å². The molecule has 0 saturated carbocycles. The normalized spacial score (nSPS) is 20.8. The van der Waals surface area contributed by atoms with Gasteiger partial charge in [-0.05, 0) is 19.8 Å². The van der Waals surface area contributed by atoms with E-state index in [0.717, 1.165) is 24.1 Å². The van der Waals surface area contributed by atoms with Gasteiger partial charge in [-0.3, -0.25) is 14.3 Å². The van der Waals surface area contributed by atoms with Crippen LogP contribution < -0.4 is 5.32 Å². The molecule has 0 spiro atoms. The van der Waals surface area contributed by atoms with Gasteiger partial charge in [-0.2, -0.15) is 5.10 Å². The van der Waals surface area contributed by atoms with Crippen LogP contribution in [-0.2, 0) is 27.9 Å². The van der Waals surface area contributed by atoms with Crippen molar-refractivity contribution in [3.8, 4) is 0 Å². The summed E-state index contributed by atoms with van der Waals surface area (Å²) in [5, 5.41) is 7.11. The van der Waals surface area contributed by atoms with E-state index in [1.807, 2.05) is 14.0 Å². The molecule has 23 heavy (non-hydrogen) atoms. The summed E-state index contributed by atoms with van der Waals surface area (Å²) in [6.45, 7) is 5.03. The summed E-state index contributed by atoms with van der Waals surface area (Å²) < 4.78 is 7.09. The molecule has 0 bridgehead atoms. The lowest BCUT2D eigenvalue weighted by Crippen LogP contribution is -2.52. The molecule has 7 nitrogen and oxygen atoms in total. The van der Waals surface area contributed by atoms with E-state index in [0.29, 0.717) is 19.7 Å². The molecule has 1 aliphatic heterocycles. The number of amides is 2. The number of carbonyl (C=O) groups is 2. The van der Waals surface area contributed by atoms with Crippen molar-refractivity contribution in [3.63, 3.8) is 0 Å². The Kier molecular flexibility index (Phi) is 5.41. The minimum absolute atomic E-state index is 0.00421. The molecule has 1 N–H and O–H groups in total. The molecule has 2 amide bonds. The van der Waals surface area contributed by atoms with Crippen molar-refractivity contribution in [2.24, 2.45) is 7.05 Å². The summed E-state index contributed by atoms with van der Waals surface area (Å²) in [6, 6.07) is 0. The van der Waals surface area contributed by atoms with Crippen LogP contribution >= 0.6 is 0 Å². The Bertz CT molecular complexity index is 584. The average molecular weight is 322 g/mol. The number of hydrogen-bond donors (Lipinski definition) is 1. The Balaban J connectivity index is 2.01. The maximum absolute atomic E-state index is 12.4. The van der Waals surface area contributed by atoms with Crippen molar-refractivity contribution in [2.45, 2.75) is 45.2 Å². The van der Waals surface area contributed by atoms with Gasteiger partial charge < -0.3 is 15.0 Å². The van der Waals surface area contributed by atoms with Crippen LogP contribution in [0.15, 0.2) is 6.20 Å². The SMILES string of the molecule is COCC1(CC(=O)NCc2cnn(C)c2C)CCCN1C(C)=O. The Hall–Kier alpha value is -1.89. The number of nitrogens with one attached hydrogen (secondary N) is 1.